The van der Waals surface area contributed by atoms with Crippen LogP contribution in [0.1, 0.15) is 93.8 Å². The molecule has 2 saturated carbocycles. The molecule has 3 fully saturated rings. The minimum atomic E-state index is -0.737. The fraction of sp³-hybridized carbons (Fsp3) is 0.731. The van der Waals surface area contributed by atoms with Crippen molar-refractivity contribution in [3.63, 3.8) is 0 Å². The molecule has 7 nitrogen and oxygen atoms in total. The van der Waals surface area contributed by atoms with Gasteiger partial charge < -0.3 is 20.6 Å². The molecule has 33 heavy (non-hydrogen) atoms. The molecule has 4 rings (SSSR count). The number of carbonyl (C=O) groups is 2. The van der Waals surface area contributed by atoms with Gasteiger partial charge in [-0.15, -0.1) is 0 Å². The first-order valence-electron chi connectivity index (χ1n) is 13.1. The van der Waals surface area contributed by atoms with E-state index in [1.165, 1.54) is 51.4 Å². The predicted molar refractivity (Wildman–Crippen MR) is 131 cm³/mol. The molecule has 0 unspecified atom stereocenters. The summed E-state index contributed by atoms with van der Waals surface area (Å²) in [6, 6.07) is 4.10. The van der Waals surface area contributed by atoms with Crippen LogP contribution in [-0.4, -0.2) is 47.6 Å². The van der Waals surface area contributed by atoms with Gasteiger partial charge in [0.05, 0.1) is 5.56 Å². The van der Waals surface area contributed by atoms with Gasteiger partial charge in [-0.05, 0) is 62.5 Å². The van der Waals surface area contributed by atoms with Crippen LogP contribution in [0.2, 0.25) is 0 Å². The average molecular weight is 457 g/mol. The van der Waals surface area contributed by atoms with Gasteiger partial charge in [0.25, 0.3) is 5.91 Å². The Kier molecular flexibility index (Phi) is 8.46. The summed E-state index contributed by atoms with van der Waals surface area (Å²) < 4.78 is 0. The summed E-state index contributed by atoms with van der Waals surface area (Å²) in [5.74, 6) is 1.52. The normalized spacial score (nSPS) is 22.7. The van der Waals surface area contributed by atoms with Gasteiger partial charge in [0, 0.05) is 32.1 Å². The summed E-state index contributed by atoms with van der Waals surface area (Å²) in [6.45, 7) is 2.43. The standard InChI is InChI=1S/C26H40N4O3/c31-24(32)16-20-10-7-15-30(18-20)23-14-13-22(26(33)28-21-11-5-2-6-12-21)25(29-23)27-17-19-8-3-1-4-9-19/h13-14,19-21H,1-12,15-18H2,(H,27,29)(H,28,33)(H,31,32)/t20-/m0/s1. The highest BCUT2D eigenvalue weighted by Gasteiger charge is 2.25. The maximum absolute atomic E-state index is 13.2. The fourth-order valence-electron chi connectivity index (χ4n) is 5.77. The van der Waals surface area contributed by atoms with Crippen molar-refractivity contribution < 1.29 is 14.7 Å². The third kappa shape index (κ3) is 6.84. The number of anilines is 2. The van der Waals surface area contributed by atoms with E-state index < -0.39 is 5.97 Å². The summed E-state index contributed by atoms with van der Waals surface area (Å²) in [6.07, 6.45) is 14.2. The lowest BCUT2D eigenvalue weighted by atomic mass is 9.89. The van der Waals surface area contributed by atoms with Gasteiger partial charge in [0.2, 0.25) is 0 Å². The first-order chi connectivity index (χ1) is 16.1. The molecular weight excluding hydrogens is 416 g/mol. The van der Waals surface area contributed by atoms with Gasteiger partial charge in [-0.1, -0.05) is 38.5 Å². The number of rotatable bonds is 8. The number of carboxylic acid groups (broad SMARTS) is 1. The van der Waals surface area contributed by atoms with E-state index in [1.807, 2.05) is 12.1 Å². The van der Waals surface area contributed by atoms with E-state index in [-0.39, 0.29) is 24.3 Å². The summed E-state index contributed by atoms with van der Waals surface area (Å²) in [4.78, 5) is 31.5. The van der Waals surface area contributed by atoms with Crippen molar-refractivity contribution in [1.29, 1.82) is 0 Å². The van der Waals surface area contributed by atoms with Crippen LogP contribution in [0.3, 0.4) is 0 Å². The Morgan fingerprint density at radius 2 is 1.64 bits per heavy atom. The van der Waals surface area contributed by atoms with Crippen molar-refractivity contribution in [1.82, 2.24) is 10.3 Å². The van der Waals surface area contributed by atoms with Gasteiger partial charge in [0.15, 0.2) is 0 Å². The van der Waals surface area contributed by atoms with E-state index in [4.69, 9.17) is 4.98 Å². The van der Waals surface area contributed by atoms with Gasteiger partial charge in [-0.25, -0.2) is 4.98 Å². The summed E-state index contributed by atoms with van der Waals surface area (Å²) in [5, 5.41) is 16.0. The Bertz CT molecular complexity index is 803. The highest BCUT2D eigenvalue weighted by atomic mass is 16.4. The van der Waals surface area contributed by atoms with E-state index >= 15 is 0 Å². The molecule has 7 heteroatoms. The van der Waals surface area contributed by atoms with Crippen LogP contribution >= 0.6 is 0 Å². The third-order valence-electron chi connectivity index (χ3n) is 7.65. The summed E-state index contributed by atoms with van der Waals surface area (Å²) in [5.41, 5.74) is 0.624. The zero-order valence-corrected chi connectivity index (χ0v) is 19.9. The first kappa shape index (κ1) is 23.8. The lowest BCUT2D eigenvalue weighted by molar-refractivity contribution is -0.138. The number of nitrogens with one attached hydrogen (secondary N) is 2. The molecule has 0 spiro atoms. The van der Waals surface area contributed by atoms with E-state index in [0.29, 0.717) is 23.8 Å². The Labute approximate surface area is 197 Å². The highest BCUT2D eigenvalue weighted by Crippen LogP contribution is 2.28. The molecule has 0 radical (unpaired) electrons. The molecule has 1 aromatic heterocycles. The van der Waals surface area contributed by atoms with E-state index in [0.717, 1.165) is 44.6 Å². The maximum atomic E-state index is 13.2. The molecule has 1 aromatic rings. The Morgan fingerprint density at radius 3 is 2.36 bits per heavy atom. The number of hydrogen-bond acceptors (Lipinski definition) is 5. The van der Waals surface area contributed by atoms with Crippen LogP contribution in [0, 0.1) is 11.8 Å². The second-order valence-corrected chi connectivity index (χ2v) is 10.3. The monoisotopic (exact) mass is 456 g/mol. The SMILES string of the molecule is O=C(O)C[C@@H]1CCCN(c2ccc(C(=O)NC3CCCCC3)c(NCC3CCCCC3)n2)C1. The Balaban J connectivity index is 1.49. The van der Waals surface area contributed by atoms with Crippen LogP contribution in [0.15, 0.2) is 12.1 Å². The van der Waals surface area contributed by atoms with Crippen LogP contribution in [0.5, 0.6) is 0 Å². The minimum absolute atomic E-state index is 0.0329. The molecule has 1 atom stereocenters. The molecule has 1 amide bonds. The van der Waals surface area contributed by atoms with Crippen molar-refractivity contribution in [3.8, 4) is 0 Å². The molecule has 182 valence electrons. The summed E-state index contributed by atoms with van der Waals surface area (Å²) in [7, 11) is 0. The minimum Gasteiger partial charge on any atom is -0.481 e. The van der Waals surface area contributed by atoms with Crippen molar-refractivity contribution in [3.05, 3.63) is 17.7 Å². The van der Waals surface area contributed by atoms with E-state index in [2.05, 4.69) is 15.5 Å². The first-order valence-corrected chi connectivity index (χ1v) is 13.1. The maximum Gasteiger partial charge on any atom is 0.303 e. The zero-order chi connectivity index (χ0) is 23.0. The van der Waals surface area contributed by atoms with E-state index in [9.17, 15) is 14.7 Å². The largest absolute Gasteiger partial charge is 0.481 e. The predicted octanol–water partition coefficient (Wildman–Crippen LogP) is 4.83. The number of carbonyl (C=O) groups excluding carboxylic acids is 1. The molecule has 0 bridgehead atoms. The number of pyridine rings is 1. The Morgan fingerprint density at radius 1 is 0.939 bits per heavy atom. The van der Waals surface area contributed by atoms with Crippen LogP contribution in [0.25, 0.3) is 0 Å². The highest BCUT2D eigenvalue weighted by molar-refractivity contribution is 5.99. The molecule has 2 heterocycles. The zero-order valence-electron chi connectivity index (χ0n) is 19.9. The number of piperidine rings is 1. The van der Waals surface area contributed by atoms with Gasteiger partial charge >= 0.3 is 5.97 Å². The van der Waals surface area contributed by atoms with E-state index in [1.54, 1.807) is 0 Å². The van der Waals surface area contributed by atoms with Crippen molar-refractivity contribution in [2.24, 2.45) is 11.8 Å². The second kappa shape index (κ2) is 11.7. The summed E-state index contributed by atoms with van der Waals surface area (Å²) >= 11 is 0. The van der Waals surface area contributed by atoms with Crippen molar-refractivity contribution >= 4 is 23.5 Å². The lowest BCUT2D eigenvalue weighted by Crippen LogP contribution is -2.38. The number of amides is 1. The topological polar surface area (TPSA) is 94.6 Å². The molecule has 3 aliphatic rings. The second-order valence-electron chi connectivity index (χ2n) is 10.3. The molecule has 2 aliphatic carbocycles. The number of nitrogens with zero attached hydrogens (tertiary/aromatic N) is 2. The number of hydrogen-bond donors (Lipinski definition) is 3. The van der Waals surface area contributed by atoms with Crippen LogP contribution in [-0.2, 0) is 4.79 Å². The van der Waals surface area contributed by atoms with Gasteiger partial charge in [0.1, 0.15) is 11.6 Å². The van der Waals surface area contributed by atoms with Gasteiger partial charge in [-0.3, -0.25) is 9.59 Å². The van der Waals surface area contributed by atoms with Crippen LogP contribution in [0.4, 0.5) is 11.6 Å². The Hall–Kier alpha value is -2.31. The number of aliphatic carboxylic acids is 1. The fourth-order valence-corrected chi connectivity index (χ4v) is 5.77. The van der Waals surface area contributed by atoms with Crippen molar-refractivity contribution in [2.75, 3.05) is 29.9 Å². The van der Waals surface area contributed by atoms with Crippen LogP contribution < -0.4 is 15.5 Å². The number of aromatic nitrogens is 1. The molecule has 1 aliphatic heterocycles. The smallest absolute Gasteiger partial charge is 0.303 e. The van der Waals surface area contributed by atoms with Crippen molar-refractivity contribution in [2.45, 2.75) is 89.5 Å². The lowest BCUT2D eigenvalue weighted by Gasteiger charge is -2.33. The average Bonchev–Trinajstić information content (AvgIpc) is 2.83. The van der Waals surface area contributed by atoms with Gasteiger partial charge in [-0.2, -0.15) is 0 Å². The molecule has 0 aromatic carbocycles. The third-order valence-corrected chi connectivity index (χ3v) is 7.65. The molecule has 3 N–H and O–H groups in total. The molecular formula is C26H40N4O3. The quantitative estimate of drug-likeness (QED) is 0.519. The number of carboxylic acids is 1. The molecule has 1 saturated heterocycles.